The molecule has 0 fully saturated rings. The second-order valence-electron chi connectivity index (χ2n) is 4.85. The fraction of sp³-hybridized carbons (Fsp3) is 0.250. The van der Waals surface area contributed by atoms with Crippen molar-refractivity contribution in [3.8, 4) is 5.75 Å². The minimum atomic E-state index is -0.851. The first-order valence-electron chi connectivity index (χ1n) is 6.58. The Morgan fingerprint density at radius 3 is 2.90 bits per heavy atom. The summed E-state index contributed by atoms with van der Waals surface area (Å²) in [5.41, 5.74) is 3.46. The van der Waals surface area contributed by atoms with Gasteiger partial charge in [-0.05, 0) is 29.7 Å². The largest absolute Gasteiger partial charge is 0.494 e. The van der Waals surface area contributed by atoms with E-state index in [1.54, 1.807) is 6.07 Å². The Morgan fingerprint density at radius 2 is 2.15 bits per heavy atom. The van der Waals surface area contributed by atoms with E-state index in [2.05, 4.69) is 5.32 Å². The van der Waals surface area contributed by atoms with Crippen molar-refractivity contribution >= 4 is 5.69 Å². The molecule has 1 aliphatic heterocycles. The van der Waals surface area contributed by atoms with E-state index in [4.69, 9.17) is 4.74 Å². The average molecular weight is 273 g/mol. The number of halogens is 1. The molecule has 0 radical (unpaired) electrons. The minimum absolute atomic E-state index is 0.178. The number of benzene rings is 2. The van der Waals surface area contributed by atoms with Gasteiger partial charge >= 0.3 is 0 Å². The van der Waals surface area contributed by atoms with Crippen LogP contribution >= 0.6 is 0 Å². The molecule has 2 aromatic carbocycles. The number of ether oxygens (including phenoxy) is 1. The van der Waals surface area contributed by atoms with E-state index in [-0.39, 0.29) is 5.75 Å². The molecule has 104 valence electrons. The summed E-state index contributed by atoms with van der Waals surface area (Å²) in [6, 6.07) is 10.4. The van der Waals surface area contributed by atoms with Crippen molar-refractivity contribution in [2.75, 3.05) is 19.0 Å². The molecular formula is C16H16FNO2. The molecule has 2 aromatic rings. The Kier molecular flexibility index (Phi) is 3.32. The molecule has 0 amide bonds. The van der Waals surface area contributed by atoms with Gasteiger partial charge in [-0.25, -0.2) is 4.39 Å². The first-order chi connectivity index (χ1) is 9.70. The summed E-state index contributed by atoms with van der Waals surface area (Å²) in [5.74, 6) is -0.290. The minimum Gasteiger partial charge on any atom is -0.494 e. The maximum atomic E-state index is 13.7. The Morgan fingerprint density at radius 1 is 1.30 bits per heavy atom. The summed E-state index contributed by atoms with van der Waals surface area (Å²) in [4.78, 5) is 0. The monoisotopic (exact) mass is 273 g/mol. The van der Waals surface area contributed by atoms with Gasteiger partial charge in [0.1, 0.15) is 6.10 Å². The third kappa shape index (κ3) is 2.12. The Balaban J connectivity index is 1.99. The van der Waals surface area contributed by atoms with E-state index in [0.29, 0.717) is 5.56 Å². The summed E-state index contributed by atoms with van der Waals surface area (Å²) in [7, 11) is 1.42. The maximum absolute atomic E-state index is 13.7. The Hall–Kier alpha value is -2.07. The van der Waals surface area contributed by atoms with Crippen LogP contribution in [0.1, 0.15) is 22.8 Å². The smallest absolute Gasteiger partial charge is 0.165 e. The average Bonchev–Trinajstić information content (AvgIpc) is 2.94. The molecule has 2 N–H and O–H groups in total. The molecule has 3 nitrogen and oxygen atoms in total. The SMILES string of the molecule is COc1ccc(C(O)c2cccc3c2NCC3)cc1F. The second kappa shape index (κ2) is 5.13. The third-order valence-corrected chi connectivity index (χ3v) is 3.67. The first kappa shape index (κ1) is 12.9. The van der Waals surface area contributed by atoms with Gasteiger partial charge in [-0.3, -0.25) is 0 Å². The second-order valence-corrected chi connectivity index (χ2v) is 4.85. The van der Waals surface area contributed by atoms with Crippen LogP contribution in [-0.4, -0.2) is 18.8 Å². The molecule has 0 spiro atoms. The van der Waals surface area contributed by atoms with Crippen molar-refractivity contribution in [3.63, 3.8) is 0 Å². The number of aliphatic hydroxyl groups excluding tert-OH is 1. The lowest BCUT2D eigenvalue weighted by atomic mass is 9.97. The van der Waals surface area contributed by atoms with Crippen molar-refractivity contribution in [2.45, 2.75) is 12.5 Å². The number of hydrogen-bond acceptors (Lipinski definition) is 3. The lowest BCUT2D eigenvalue weighted by Crippen LogP contribution is -2.04. The molecule has 0 saturated carbocycles. The number of fused-ring (bicyclic) bond motifs is 1. The molecule has 1 unspecified atom stereocenters. The molecule has 1 aliphatic rings. The number of nitrogens with one attached hydrogen (secondary N) is 1. The van der Waals surface area contributed by atoms with Crippen LogP contribution in [0.15, 0.2) is 36.4 Å². The van der Waals surface area contributed by atoms with E-state index in [1.807, 2.05) is 18.2 Å². The van der Waals surface area contributed by atoms with Gasteiger partial charge < -0.3 is 15.2 Å². The molecule has 1 heterocycles. The van der Waals surface area contributed by atoms with E-state index in [1.165, 1.54) is 24.8 Å². The lowest BCUT2D eigenvalue weighted by molar-refractivity contribution is 0.220. The van der Waals surface area contributed by atoms with Crippen LogP contribution in [0.3, 0.4) is 0 Å². The number of methoxy groups -OCH3 is 1. The highest BCUT2D eigenvalue weighted by atomic mass is 19.1. The maximum Gasteiger partial charge on any atom is 0.165 e. The van der Waals surface area contributed by atoms with Gasteiger partial charge in [-0.2, -0.15) is 0 Å². The van der Waals surface area contributed by atoms with E-state index >= 15 is 0 Å². The zero-order chi connectivity index (χ0) is 14.1. The fourth-order valence-electron chi connectivity index (χ4n) is 2.63. The first-order valence-corrected chi connectivity index (χ1v) is 6.58. The van der Waals surface area contributed by atoms with Crippen LogP contribution in [-0.2, 0) is 6.42 Å². The van der Waals surface area contributed by atoms with E-state index in [0.717, 1.165) is 24.2 Å². The Bertz CT molecular complexity index is 642. The number of rotatable bonds is 3. The topological polar surface area (TPSA) is 41.5 Å². The number of aliphatic hydroxyl groups is 1. The van der Waals surface area contributed by atoms with Gasteiger partial charge in [0.05, 0.1) is 7.11 Å². The van der Waals surface area contributed by atoms with Crippen LogP contribution in [0.5, 0.6) is 5.75 Å². The standard InChI is InChI=1S/C16H16FNO2/c1-20-14-6-5-11(9-13(14)17)16(19)12-4-2-3-10-7-8-18-15(10)12/h2-6,9,16,18-19H,7-8H2,1H3. The summed E-state index contributed by atoms with van der Waals surface area (Å²) in [6.07, 6.45) is 0.100. The number of anilines is 1. The van der Waals surface area contributed by atoms with Crippen molar-refractivity contribution in [1.82, 2.24) is 0 Å². The van der Waals surface area contributed by atoms with Gasteiger partial charge in [0.25, 0.3) is 0 Å². The van der Waals surface area contributed by atoms with E-state index in [9.17, 15) is 9.50 Å². The van der Waals surface area contributed by atoms with Crippen LogP contribution in [0.4, 0.5) is 10.1 Å². The molecular weight excluding hydrogens is 257 g/mol. The third-order valence-electron chi connectivity index (χ3n) is 3.67. The molecule has 0 aliphatic carbocycles. The predicted molar refractivity (Wildman–Crippen MR) is 75.6 cm³/mol. The lowest BCUT2D eigenvalue weighted by Gasteiger charge is -2.16. The molecule has 20 heavy (non-hydrogen) atoms. The molecule has 3 rings (SSSR count). The van der Waals surface area contributed by atoms with Crippen LogP contribution in [0, 0.1) is 5.82 Å². The van der Waals surface area contributed by atoms with Gasteiger partial charge in [0.2, 0.25) is 0 Å². The predicted octanol–water partition coefficient (Wildman–Crippen LogP) is 2.88. The van der Waals surface area contributed by atoms with Gasteiger partial charge in [-0.1, -0.05) is 24.3 Å². The number of para-hydroxylation sites is 1. The highest BCUT2D eigenvalue weighted by Crippen LogP contribution is 2.34. The van der Waals surface area contributed by atoms with Gasteiger partial charge in [-0.15, -0.1) is 0 Å². The fourth-order valence-corrected chi connectivity index (χ4v) is 2.63. The van der Waals surface area contributed by atoms with Crippen molar-refractivity contribution in [2.24, 2.45) is 0 Å². The quantitative estimate of drug-likeness (QED) is 0.903. The summed E-state index contributed by atoms with van der Waals surface area (Å²) >= 11 is 0. The number of hydrogen-bond donors (Lipinski definition) is 2. The normalized spacial score (nSPS) is 14.6. The highest BCUT2D eigenvalue weighted by Gasteiger charge is 2.20. The van der Waals surface area contributed by atoms with Crippen LogP contribution in [0.2, 0.25) is 0 Å². The van der Waals surface area contributed by atoms with Crippen LogP contribution in [0.25, 0.3) is 0 Å². The molecule has 0 aromatic heterocycles. The Labute approximate surface area is 117 Å². The summed E-state index contributed by atoms with van der Waals surface area (Å²) < 4.78 is 18.6. The molecule has 4 heteroatoms. The zero-order valence-corrected chi connectivity index (χ0v) is 11.2. The van der Waals surface area contributed by atoms with E-state index < -0.39 is 11.9 Å². The molecule has 1 atom stereocenters. The molecule has 0 saturated heterocycles. The van der Waals surface area contributed by atoms with Gasteiger partial charge in [0, 0.05) is 17.8 Å². The van der Waals surface area contributed by atoms with Crippen LogP contribution < -0.4 is 10.1 Å². The zero-order valence-electron chi connectivity index (χ0n) is 11.2. The van der Waals surface area contributed by atoms with Crippen molar-refractivity contribution < 1.29 is 14.2 Å². The van der Waals surface area contributed by atoms with Crippen molar-refractivity contribution in [1.29, 1.82) is 0 Å². The molecule has 0 bridgehead atoms. The summed E-state index contributed by atoms with van der Waals surface area (Å²) in [6.45, 7) is 0.871. The van der Waals surface area contributed by atoms with Gasteiger partial charge in [0.15, 0.2) is 11.6 Å². The summed E-state index contributed by atoms with van der Waals surface area (Å²) in [5, 5.41) is 13.8. The highest BCUT2D eigenvalue weighted by molar-refractivity contribution is 5.63. The van der Waals surface area contributed by atoms with Crippen molar-refractivity contribution in [3.05, 3.63) is 58.9 Å².